The Kier molecular flexibility index (Phi) is 3.80. The Morgan fingerprint density at radius 2 is 2.00 bits per heavy atom. The lowest BCUT2D eigenvalue weighted by Crippen LogP contribution is -1.99. The molecular formula is C15H11F2NO. The van der Waals surface area contributed by atoms with Crippen LogP contribution in [0.15, 0.2) is 42.6 Å². The Bertz CT molecular complexity index is 650. The number of allylic oxidation sites excluding steroid dienone is 1. The zero-order valence-corrected chi connectivity index (χ0v) is 10.2. The van der Waals surface area contributed by atoms with Gasteiger partial charge in [-0.15, -0.1) is 0 Å². The van der Waals surface area contributed by atoms with Crippen LogP contribution in [-0.2, 0) is 0 Å². The highest BCUT2D eigenvalue weighted by molar-refractivity contribution is 6.06. The minimum absolute atomic E-state index is 0.150. The summed E-state index contributed by atoms with van der Waals surface area (Å²) < 4.78 is 26.1. The molecule has 2 rings (SSSR count). The van der Waals surface area contributed by atoms with Crippen molar-refractivity contribution in [1.29, 1.82) is 0 Å². The van der Waals surface area contributed by atoms with Crippen molar-refractivity contribution in [3.05, 3.63) is 71.1 Å². The molecule has 0 bridgehead atoms. The van der Waals surface area contributed by atoms with Gasteiger partial charge in [-0.25, -0.2) is 8.78 Å². The molecule has 19 heavy (non-hydrogen) atoms. The maximum Gasteiger partial charge on any atom is 0.188 e. The zero-order valence-electron chi connectivity index (χ0n) is 10.2. The van der Waals surface area contributed by atoms with Crippen molar-refractivity contribution in [2.45, 2.75) is 6.92 Å². The zero-order chi connectivity index (χ0) is 13.8. The molecule has 96 valence electrons. The molecule has 1 aromatic heterocycles. The average molecular weight is 259 g/mol. The van der Waals surface area contributed by atoms with Crippen LogP contribution in [0.3, 0.4) is 0 Å². The lowest BCUT2D eigenvalue weighted by molar-refractivity contribution is 0.104. The third kappa shape index (κ3) is 3.31. The van der Waals surface area contributed by atoms with E-state index in [1.807, 2.05) is 6.92 Å². The summed E-state index contributed by atoms with van der Waals surface area (Å²) in [6, 6.07) is 6.41. The fourth-order valence-electron chi connectivity index (χ4n) is 1.62. The van der Waals surface area contributed by atoms with Crippen LogP contribution < -0.4 is 0 Å². The van der Waals surface area contributed by atoms with Gasteiger partial charge in [0.15, 0.2) is 5.78 Å². The number of aromatic nitrogens is 1. The summed E-state index contributed by atoms with van der Waals surface area (Å²) in [5.74, 6) is -2.07. The van der Waals surface area contributed by atoms with Crippen molar-refractivity contribution in [2.75, 3.05) is 0 Å². The number of aryl methyl sites for hydroxylation is 1. The fraction of sp³-hybridized carbons (Fsp3) is 0.0667. The molecule has 0 atom stereocenters. The Morgan fingerprint density at radius 3 is 2.68 bits per heavy atom. The highest BCUT2D eigenvalue weighted by atomic mass is 19.1. The first-order valence-corrected chi connectivity index (χ1v) is 5.66. The van der Waals surface area contributed by atoms with Crippen LogP contribution in [0, 0.1) is 18.6 Å². The number of rotatable bonds is 3. The second-order valence-corrected chi connectivity index (χ2v) is 4.05. The van der Waals surface area contributed by atoms with Crippen molar-refractivity contribution in [3.63, 3.8) is 0 Å². The van der Waals surface area contributed by atoms with E-state index < -0.39 is 17.4 Å². The van der Waals surface area contributed by atoms with Crippen molar-refractivity contribution in [1.82, 2.24) is 4.98 Å². The van der Waals surface area contributed by atoms with Gasteiger partial charge in [-0.1, -0.05) is 6.08 Å². The number of benzene rings is 1. The predicted molar refractivity (Wildman–Crippen MR) is 68.7 cm³/mol. The van der Waals surface area contributed by atoms with Crippen LogP contribution in [0.2, 0.25) is 0 Å². The number of pyridine rings is 1. The summed E-state index contributed by atoms with van der Waals surface area (Å²) in [7, 11) is 0. The quantitative estimate of drug-likeness (QED) is 0.623. The standard InChI is InChI=1S/C15H11F2NO/c1-10-8-11(6-7-18-10)2-5-15(19)13-4-3-12(16)9-14(13)17/h2-9H,1H3. The second kappa shape index (κ2) is 5.52. The molecule has 0 aliphatic carbocycles. The minimum Gasteiger partial charge on any atom is -0.289 e. The molecule has 0 unspecified atom stereocenters. The van der Waals surface area contributed by atoms with E-state index in [0.29, 0.717) is 6.07 Å². The van der Waals surface area contributed by atoms with Crippen LogP contribution in [0.4, 0.5) is 8.78 Å². The van der Waals surface area contributed by atoms with Gasteiger partial charge in [0.1, 0.15) is 11.6 Å². The van der Waals surface area contributed by atoms with E-state index in [0.717, 1.165) is 23.4 Å². The van der Waals surface area contributed by atoms with Gasteiger partial charge >= 0.3 is 0 Å². The maximum atomic E-state index is 13.4. The van der Waals surface area contributed by atoms with Gasteiger partial charge in [0.2, 0.25) is 0 Å². The third-order valence-corrected chi connectivity index (χ3v) is 2.54. The highest BCUT2D eigenvalue weighted by Crippen LogP contribution is 2.12. The summed E-state index contributed by atoms with van der Waals surface area (Å²) in [5.41, 5.74) is 1.47. The van der Waals surface area contributed by atoms with E-state index in [4.69, 9.17) is 0 Å². The molecule has 2 aromatic rings. The first kappa shape index (κ1) is 13.1. The lowest BCUT2D eigenvalue weighted by Gasteiger charge is -1.99. The van der Waals surface area contributed by atoms with Crippen molar-refractivity contribution < 1.29 is 13.6 Å². The number of hydrogen-bond acceptors (Lipinski definition) is 2. The van der Waals surface area contributed by atoms with Gasteiger partial charge in [0.25, 0.3) is 0 Å². The SMILES string of the molecule is Cc1cc(C=CC(=O)c2ccc(F)cc2F)ccn1. The molecule has 1 aromatic carbocycles. The largest absolute Gasteiger partial charge is 0.289 e. The number of carbonyl (C=O) groups is 1. The number of ketones is 1. The lowest BCUT2D eigenvalue weighted by atomic mass is 10.1. The van der Waals surface area contributed by atoms with Gasteiger partial charge in [-0.05, 0) is 42.8 Å². The maximum absolute atomic E-state index is 13.4. The molecular weight excluding hydrogens is 248 g/mol. The number of nitrogens with zero attached hydrogens (tertiary/aromatic N) is 1. The van der Waals surface area contributed by atoms with Gasteiger partial charge in [-0.3, -0.25) is 9.78 Å². The van der Waals surface area contributed by atoms with Crippen molar-refractivity contribution in [2.24, 2.45) is 0 Å². The van der Waals surface area contributed by atoms with Crippen LogP contribution in [-0.4, -0.2) is 10.8 Å². The Morgan fingerprint density at radius 1 is 1.21 bits per heavy atom. The van der Waals surface area contributed by atoms with Gasteiger partial charge < -0.3 is 0 Å². The first-order chi connectivity index (χ1) is 9.06. The van der Waals surface area contributed by atoms with Crippen molar-refractivity contribution in [3.8, 4) is 0 Å². The van der Waals surface area contributed by atoms with E-state index in [1.54, 1.807) is 24.4 Å². The Labute approximate surface area is 109 Å². The van der Waals surface area contributed by atoms with Gasteiger partial charge in [0.05, 0.1) is 5.56 Å². The third-order valence-electron chi connectivity index (χ3n) is 2.54. The molecule has 4 heteroatoms. The summed E-state index contributed by atoms with van der Waals surface area (Å²) >= 11 is 0. The molecule has 0 saturated carbocycles. The van der Waals surface area contributed by atoms with Crippen LogP contribution >= 0.6 is 0 Å². The molecule has 0 spiro atoms. The summed E-state index contributed by atoms with van der Waals surface area (Å²) in [5, 5.41) is 0. The molecule has 0 aliphatic heterocycles. The molecule has 0 amide bonds. The molecule has 2 nitrogen and oxygen atoms in total. The summed E-state index contributed by atoms with van der Waals surface area (Å²) in [4.78, 5) is 15.8. The van der Waals surface area contributed by atoms with E-state index in [-0.39, 0.29) is 5.56 Å². The molecule has 0 aliphatic rings. The van der Waals surface area contributed by atoms with E-state index in [9.17, 15) is 13.6 Å². The van der Waals surface area contributed by atoms with Crippen LogP contribution in [0.25, 0.3) is 6.08 Å². The molecule has 0 fully saturated rings. The smallest absolute Gasteiger partial charge is 0.188 e. The first-order valence-electron chi connectivity index (χ1n) is 5.66. The summed E-state index contributed by atoms with van der Waals surface area (Å²) in [6.45, 7) is 1.83. The van der Waals surface area contributed by atoms with Gasteiger partial charge in [-0.2, -0.15) is 0 Å². The van der Waals surface area contributed by atoms with E-state index >= 15 is 0 Å². The number of halogens is 2. The van der Waals surface area contributed by atoms with Gasteiger partial charge in [0, 0.05) is 18.0 Å². The fourth-order valence-corrected chi connectivity index (χ4v) is 1.62. The number of hydrogen-bond donors (Lipinski definition) is 0. The summed E-state index contributed by atoms with van der Waals surface area (Å²) in [6.07, 6.45) is 4.45. The second-order valence-electron chi connectivity index (χ2n) is 4.05. The Hall–Kier alpha value is -2.36. The molecule has 0 N–H and O–H groups in total. The minimum atomic E-state index is -0.861. The normalized spacial score (nSPS) is 10.9. The number of carbonyl (C=O) groups excluding carboxylic acids is 1. The molecule has 0 radical (unpaired) electrons. The van der Waals surface area contributed by atoms with E-state index in [1.165, 1.54) is 6.08 Å². The van der Waals surface area contributed by atoms with Crippen molar-refractivity contribution >= 4 is 11.9 Å². The monoisotopic (exact) mass is 259 g/mol. The van der Waals surface area contributed by atoms with Crippen LogP contribution in [0.1, 0.15) is 21.6 Å². The topological polar surface area (TPSA) is 30.0 Å². The average Bonchev–Trinajstić information content (AvgIpc) is 2.36. The van der Waals surface area contributed by atoms with Crippen LogP contribution in [0.5, 0.6) is 0 Å². The Balaban J connectivity index is 2.21. The molecule has 1 heterocycles. The highest BCUT2D eigenvalue weighted by Gasteiger charge is 2.09. The molecule has 0 saturated heterocycles. The predicted octanol–water partition coefficient (Wildman–Crippen LogP) is 3.56. The van der Waals surface area contributed by atoms with E-state index in [2.05, 4.69) is 4.98 Å².